The van der Waals surface area contributed by atoms with Crippen molar-refractivity contribution in [2.45, 2.75) is 31.4 Å². The molecule has 1 aromatic rings. The fraction of sp³-hybridized carbons (Fsp3) is 0.417. The minimum absolute atomic E-state index is 0.0592. The second-order valence-electron chi connectivity index (χ2n) is 4.03. The molecule has 3 heteroatoms. The van der Waals surface area contributed by atoms with Crippen molar-refractivity contribution < 1.29 is 5.11 Å². The summed E-state index contributed by atoms with van der Waals surface area (Å²) < 4.78 is 0. The van der Waals surface area contributed by atoms with Crippen LogP contribution in [0.15, 0.2) is 24.3 Å². The van der Waals surface area contributed by atoms with Crippen LogP contribution in [-0.4, -0.2) is 10.6 Å². The van der Waals surface area contributed by atoms with Crippen LogP contribution in [0.5, 0.6) is 0 Å². The molecule has 0 bridgehead atoms. The Bertz CT molecular complexity index is 374. The number of benzene rings is 1. The van der Waals surface area contributed by atoms with Crippen LogP contribution in [0.4, 0.5) is 5.69 Å². The first-order chi connectivity index (χ1) is 7.28. The van der Waals surface area contributed by atoms with Crippen LogP contribution in [-0.2, 0) is 6.61 Å². The van der Waals surface area contributed by atoms with Crippen molar-refractivity contribution in [1.82, 2.24) is 0 Å². The van der Waals surface area contributed by atoms with Crippen LogP contribution >= 0.6 is 0 Å². The van der Waals surface area contributed by atoms with Crippen LogP contribution < -0.4 is 5.32 Å². The van der Waals surface area contributed by atoms with Gasteiger partial charge in [0.15, 0.2) is 0 Å². The number of nitrogens with zero attached hydrogens (tertiary/aromatic N) is 1. The SMILES string of the molecule is N#CC1(Nc2ccc(CO)cc2)CCC1. The van der Waals surface area contributed by atoms with Gasteiger partial charge in [0, 0.05) is 5.69 Å². The Labute approximate surface area is 89.4 Å². The maximum atomic E-state index is 9.05. The van der Waals surface area contributed by atoms with Gasteiger partial charge >= 0.3 is 0 Å². The number of nitriles is 1. The molecule has 0 aliphatic heterocycles. The van der Waals surface area contributed by atoms with E-state index < -0.39 is 0 Å². The average molecular weight is 202 g/mol. The molecule has 1 aromatic carbocycles. The van der Waals surface area contributed by atoms with Gasteiger partial charge in [0.2, 0.25) is 0 Å². The van der Waals surface area contributed by atoms with E-state index >= 15 is 0 Å². The van der Waals surface area contributed by atoms with Crippen molar-refractivity contribution in [3.05, 3.63) is 29.8 Å². The summed E-state index contributed by atoms with van der Waals surface area (Å²) in [4.78, 5) is 0. The highest BCUT2D eigenvalue weighted by molar-refractivity contribution is 5.49. The van der Waals surface area contributed by atoms with E-state index in [4.69, 9.17) is 10.4 Å². The van der Waals surface area contributed by atoms with Gasteiger partial charge in [-0.05, 0) is 37.0 Å². The monoisotopic (exact) mass is 202 g/mol. The van der Waals surface area contributed by atoms with Gasteiger partial charge in [-0.3, -0.25) is 0 Å². The molecule has 1 aliphatic carbocycles. The van der Waals surface area contributed by atoms with Crippen molar-refractivity contribution >= 4 is 5.69 Å². The maximum absolute atomic E-state index is 9.05. The zero-order chi connectivity index (χ0) is 10.7. The lowest BCUT2D eigenvalue weighted by atomic mass is 9.78. The van der Waals surface area contributed by atoms with E-state index in [-0.39, 0.29) is 12.1 Å². The van der Waals surface area contributed by atoms with Gasteiger partial charge in [0.05, 0.1) is 12.7 Å². The normalized spacial score (nSPS) is 17.6. The first-order valence-corrected chi connectivity index (χ1v) is 5.17. The Morgan fingerprint density at radius 1 is 1.33 bits per heavy atom. The maximum Gasteiger partial charge on any atom is 0.125 e. The molecule has 2 rings (SSSR count). The summed E-state index contributed by atoms with van der Waals surface area (Å²) in [5.74, 6) is 0. The number of nitrogens with one attached hydrogen (secondary N) is 1. The van der Waals surface area contributed by atoms with Gasteiger partial charge in [-0.25, -0.2) is 0 Å². The van der Waals surface area contributed by atoms with Crippen molar-refractivity contribution in [3.8, 4) is 6.07 Å². The molecule has 0 saturated heterocycles. The summed E-state index contributed by atoms with van der Waals surface area (Å²) in [6.45, 7) is 0.0592. The second kappa shape index (κ2) is 3.92. The van der Waals surface area contributed by atoms with Gasteiger partial charge in [-0.2, -0.15) is 5.26 Å². The van der Waals surface area contributed by atoms with Crippen molar-refractivity contribution in [1.29, 1.82) is 5.26 Å². The molecule has 1 fully saturated rings. The lowest BCUT2D eigenvalue weighted by molar-refractivity contribution is 0.282. The molecule has 1 saturated carbocycles. The van der Waals surface area contributed by atoms with Crippen LogP contribution in [0.25, 0.3) is 0 Å². The smallest absolute Gasteiger partial charge is 0.125 e. The number of anilines is 1. The third-order valence-electron chi connectivity index (χ3n) is 2.94. The minimum atomic E-state index is -0.346. The van der Waals surface area contributed by atoms with E-state index in [1.165, 1.54) is 0 Å². The third-order valence-corrected chi connectivity index (χ3v) is 2.94. The van der Waals surface area contributed by atoms with E-state index in [0.717, 1.165) is 30.5 Å². The van der Waals surface area contributed by atoms with Gasteiger partial charge < -0.3 is 10.4 Å². The Hall–Kier alpha value is -1.53. The van der Waals surface area contributed by atoms with Crippen LogP contribution in [0.2, 0.25) is 0 Å². The number of hydrogen-bond acceptors (Lipinski definition) is 3. The first kappa shape index (κ1) is 10.0. The van der Waals surface area contributed by atoms with Gasteiger partial charge in [-0.1, -0.05) is 12.1 Å². The number of aliphatic hydroxyl groups excluding tert-OH is 1. The van der Waals surface area contributed by atoms with Crippen molar-refractivity contribution in [2.75, 3.05) is 5.32 Å². The standard InChI is InChI=1S/C12H14N2O/c13-9-12(6-1-7-12)14-11-4-2-10(8-15)3-5-11/h2-5,14-15H,1,6-8H2. The molecule has 15 heavy (non-hydrogen) atoms. The molecule has 0 heterocycles. The van der Waals surface area contributed by atoms with Crippen LogP contribution in [0, 0.1) is 11.3 Å². The van der Waals surface area contributed by atoms with E-state index in [0.29, 0.717) is 0 Å². The van der Waals surface area contributed by atoms with Crippen LogP contribution in [0.1, 0.15) is 24.8 Å². The average Bonchev–Trinajstić information content (AvgIpc) is 2.24. The molecule has 0 radical (unpaired) electrons. The molecular formula is C12H14N2O. The predicted octanol–water partition coefficient (Wildman–Crippen LogP) is 2.04. The summed E-state index contributed by atoms with van der Waals surface area (Å²) in [7, 11) is 0. The lowest BCUT2D eigenvalue weighted by Gasteiger charge is -2.36. The van der Waals surface area contributed by atoms with Crippen molar-refractivity contribution in [2.24, 2.45) is 0 Å². The van der Waals surface area contributed by atoms with E-state index in [2.05, 4.69) is 11.4 Å². The minimum Gasteiger partial charge on any atom is -0.392 e. The molecular weight excluding hydrogens is 188 g/mol. The highest BCUT2D eigenvalue weighted by Gasteiger charge is 2.36. The summed E-state index contributed by atoms with van der Waals surface area (Å²) in [5, 5.41) is 21.2. The van der Waals surface area contributed by atoms with Gasteiger partial charge in [0.1, 0.15) is 5.54 Å². The third kappa shape index (κ3) is 1.95. The fourth-order valence-corrected chi connectivity index (χ4v) is 1.76. The lowest BCUT2D eigenvalue weighted by Crippen LogP contribution is -2.43. The summed E-state index contributed by atoms with van der Waals surface area (Å²) in [6.07, 6.45) is 2.96. The van der Waals surface area contributed by atoms with Crippen molar-refractivity contribution in [3.63, 3.8) is 0 Å². The zero-order valence-corrected chi connectivity index (χ0v) is 8.53. The quantitative estimate of drug-likeness (QED) is 0.788. The predicted molar refractivity (Wildman–Crippen MR) is 58.2 cm³/mol. The highest BCUT2D eigenvalue weighted by atomic mass is 16.3. The molecule has 0 aromatic heterocycles. The molecule has 0 unspecified atom stereocenters. The molecule has 0 amide bonds. The Balaban J connectivity index is 2.08. The largest absolute Gasteiger partial charge is 0.392 e. The molecule has 0 atom stereocenters. The van der Waals surface area contributed by atoms with E-state index in [1.54, 1.807) is 0 Å². The first-order valence-electron chi connectivity index (χ1n) is 5.17. The summed E-state index contributed by atoms with van der Waals surface area (Å²) in [6, 6.07) is 9.88. The molecule has 1 aliphatic rings. The number of aliphatic hydroxyl groups is 1. The van der Waals surface area contributed by atoms with Gasteiger partial charge in [0.25, 0.3) is 0 Å². The Kier molecular flexibility index (Phi) is 2.61. The number of hydrogen-bond donors (Lipinski definition) is 2. The summed E-state index contributed by atoms with van der Waals surface area (Å²) >= 11 is 0. The Morgan fingerprint density at radius 3 is 2.40 bits per heavy atom. The summed E-state index contributed by atoms with van der Waals surface area (Å²) in [5.41, 5.74) is 1.49. The fourth-order valence-electron chi connectivity index (χ4n) is 1.76. The zero-order valence-electron chi connectivity index (χ0n) is 8.53. The highest BCUT2D eigenvalue weighted by Crippen LogP contribution is 2.34. The van der Waals surface area contributed by atoms with E-state index in [1.807, 2.05) is 24.3 Å². The molecule has 2 N–H and O–H groups in total. The number of rotatable bonds is 3. The Morgan fingerprint density at radius 2 is 2.00 bits per heavy atom. The van der Waals surface area contributed by atoms with Gasteiger partial charge in [-0.15, -0.1) is 0 Å². The second-order valence-corrected chi connectivity index (χ2v) is 4.03. The molecule has 3 nitrogen and oxygen atoms in total. The van der Waals surface area contributed by atoms with Crippen LogP contribution in [0.3, 0.4) is 0 Å². The molecule has 0 spiro atoms. The van der Waals surface area contributed by atoms with E-state index in [9.17, 15) is 0 Å². The topological polar surface area (TPSA) is 56.0 Å². The molecule has 78 valence electrons.